The molecular weight excluding hydrogens is 162 g/mol. The summed E-state index contributed by atoms with van der Waals surface area (Å²) >= 11 is 0. The predicted octanol–water partition coefficient (Wildman–Crippen LogP) is 1.09. The Bertz CT molecular complexity index is 312. The van der Waals surface area contributed by atoms with Gasteiger partial charge in [-0.3, -0.25) is 4.68 Å². The number of rotatable bonds is 3. The summed E-state index contributed by atoms with van der Waals surface area (Å²) in [6, 6.07) is 0.0293. The number of hydrogen-bond donors (Lipinski definition) is 1. The smallest absolute Gasteiger partial charge is 0.0629 e. The van der Waals surface area contributed by atoms with Crippen LogP contribution in [0.15, 0.2) is 12.7 Å². The van der Waals surface area contributed by atoms with Crippen LogP contribution in [0.25, 0.3) is 0 Å². The molecule has 0 aromatic carbocycles. The average molecular weight is 179 g/mol. The Morgan fingerprint density at radius 1 is 1.62 bits per heavy atom. The summed E-state index contributed by atoms with van der Waals surface area (Å²) in [5.41, 5.74) is 9.30. The molecule has 0 amide bonds. The maximum Gasteiger partial charge on any atom is 0.0629 e. The van der Waals surface area contributed by atoms with E-state index in [0.29, 0.717) is 0 Å². The van der Waals surface area contributed by atoms with E-state index in [9.17, 15) is 0 Å². The first-order valence-corrected chi connectivity index (χ1v) is 4.43. The molecule has 72 valence electrons. The first kappa shape index (κ1) is 9.99. The van der Waals surface area contributed by atoms with Gasteiger partial charge in [-0.15, -0.1) is 6.58 Å². The number of hydrogen-bond acceptors (Lipinski definition) is 2. The molecule has 3 heteroatoms. The molecular formula is C10H17N3. The monoisotopic (exact) mass is 179 g/mol. The van der Waals surface area contributed by atoms with Crippen LogP contribution in [-0.4, -0.2) is 15.8 Å². The summed E-state index contributed by atoms with van der Waals surface area (Å²) in [6.45, 7) is 7.74. The van der Waals surface area contributed by atoms with Crippen molar-refractivity contribution < 1.29 is 0 Å². The minimum Gasteiger partial charge on any atom is -0.324 e. The molecule has 1 rings (SSSR count). The second-order valence-electron chi connectivity index (χ2n) is 3.38. The molecule has 0 fully saturated rings. The van der Waals surface area contributed by atoms with Gasteiger partial charge in [-0.05, 0) is 25.8 Å². The first-order valence-electron chi connectivity index (χ1n) is 4.43. The normalized spacial score (nSPS) is 12.9. The Balaban J connectivity index is 2.93. The Kier molecular flexibility index (Phi) is 2.88. The van der Waals surface area contributed by atoms with Crippen LogP contribution in [-0.2, 0) is 13.5 Å². The molecule has 1 aromatic heterocycles. The summed E-state index contributed by atoms with van der Waals surface area (Å²) < 4.78 is 1.89. The van der Waals surface area contributed by atoms with Crippen molar-refractivity contribution in [3.63, 3.8) is 0 Å². The SMILES string of the molecule is C=CC(N)Cc1c(C)nn(C)c1C. The summed E-state index contributed by atoms with van der Waals surface area (Å²) in [7, 11) is 1.95. The third-order valence-corrected chi connectivity index (χ3v) is 2.40. The quantitative estimate of drug-likeness (QED) is 0.706. The highest BCUT2D eigenvalue weighted by atomic mass is 15.3. The fraction of sp³-hybridized carbons (Fsp3) is 0.500. The van der Waals surface area contributed by atoms with Gasteiger partial charge >= 0.3 is 0 Å². The summed E-state index contributed by atoms with van der Waals surface area (Å²) in [6.07, 6.45) is 2.60. The molecule has 2 N–H and O–H groups in total. The van der Waals surface area contributed by atoms with E-state index in [4.69, 9.17) is 5.73 Å². The Morgan fingerprint density at radius 3 is 2.62 bits per heavy atom. The maximum absolute atomic E-state index is 5.80. The zero-order valence-corrected chi connectivity index (χ0v) is 8.54. The highest BCUT2D eigenvalue weighted by molar-refractivity contribution is 5.26. The number of aryl methyl sites for hydroxylation is 2. The van der Waals surface area contributed by atoms with Crippen LogP contribution < -0.4 is 5.73 Å². The molecule has 1 aromatic rings. The van der Waals surface area contributed by atoms with Crippen LogP contribution in [0.2, 0.25) is 0 Å². The fourth-order valence-electron chi connectivity index (χ4n) is 1.43. The van der Waals surface area contributed by atoms with Gasteiger partial charge in [0.1, 0.15) is 0 Å². The molecule has 0 saturated heterocycles. The van der Waals surface area contributed by atoms with Gasteiger partial charge in [-0.1, -0.05) is 6.08 Å². The zero-order chi connectivity index (χ0) is 10.0. The van der Waals surface area contributed by atoms with Gasteiger partial charge in [0, 0.05) is 18.8 Å². The van der Waals surface area contributed by atoms with Crippen molar-refractivity contribution in [1.29, 1.82) is 0 Å². The van der Waals surface area contributed by atoms with Crippen molar-refractivity contribution in [3.05, 3.63) is 29.6 Å². The van der Waals surface area contributed by atoms with Crippen LogP contribution in [0.5, 0.6) is 0 Å². The van der Waals surface area contributed by atoms with Crippen LogP contribution in [0.3, 0.4) is 0 Å². The third kappa shape index (κ3) is 1.98. The van der Waals surface area contributed by atoms with E-state index in [1.165, 1.54) is 11.3 Å². The number of aromatic nitrogens is 2. The van der Waals surface area contributed by atoms with E-state index in [2.05, 4.69) is 18.6 Å². The van der Waals surface area contributed by atoms with Gasteiger partial charge in [0.25, 0.3) is 0 Å². The van der Waals surface area contributed by atoms with Gasteiger partial charge in [-0.2, -0.15) is 5.10 Å². The van der Waals surface area contributed by atoms with Gasteiger partial charge in [-0.25, -0.2) is 0 Å². The Hall–Kier alpha value is -1.09. The molecule has 0 spiro atoms. The van der Waals surface area contributed by atoms with Crippen LogP contribution in [0.1, 0.15) is 17.0 Å². The van der Waals surface area contributed by atoms with Crippen molar-refractivity contribution in [2.75, 3.05) is 0 Å². The number of nitrogens with two attached hydrogens (primary N) is 1. The molecule has 0 aliphatic carbocycles. The molecule has 0 bridgehead atoms. The highest BCUT2D eigenvalue weighted by Gasteiger charge is 2.10. The van der Waals surface area contributed by atoms with E-state index in [0.717, 1.165) is 12.1 Å². The van der Waals surface area contributed by atoms with E-state index in [1.807, 2.05) is 18.7 Å². The van der Waals surface area contributed by atoms with Crippen molar-refractivity contribution in [3.8, 4) is 0 Å². The fourth-order valence-corrected chi connectivity index (χ4v) is 1.43. The molecule has 1 unspecified atom stereocenters. The Labute approximate surface area is 79.2 Å². The van der Waals surface area contributed by atoms with Gasteiger partial charge in [0.2, 0.25) is 0 Å². The lowest BCUT2D eigenvalue weighted by Crippen LogP contribution is -2.20. The lowest BCUT2D eigenvalue weighted by atomic mass is 10.1. The van der Waals surface area contributed by atoms with E-state index in [1.54, 1.807) is 6.08 Å². The van der Waals surface area contributed by atoms with Crippen molar-refractivity contribution >= 4 is 0 Å². The van der Waals surface area contributed by atoms with E-state index < -0.39 is 0 Å². The molecule has 0 saturated carbocycles. The lowest BCUT2D eigenvalue weighted by molar-refractivity contribution is 0.728. The summed E-state index contributed by atoms with van der Waals surface area (Å²) in [4.78, 5) is 0. The van der Waals surface area contributed by atoms with Gasteiger partial charge < -0.3 is 5.73 Å². The highest BCUT2D eigenvalue weighted by Crippen LogP contribution is 2.13. The lowest BCUT2D eigenvalue weighted by Gasteiger charge is -2.05. The van der Waals surface area contributed by atoms with Crippen LogP contribution >= 0.6 is 0 Å². The van der Waals surface area contributed by atoms with Gasteiger partial charge in [0.05, 0.1) is 5.69 Å². The molecule has 0 aliphatic heterocycles. The average Bonchev–Trinajstić information content (AvgIpc) is 2.32. The molecule has 1 heterocycles. The Morgan fingerprint density at radius 2 is 2.23 bits per heavy atom. The van der Waals surface area contributed by atoms with E-state index in [-0.39, 0.29) is 6.04 Å². The summed E-state index contributed by atoms with van der Waals surface area (Å²) in [5, 5.41) is 4.32. The van der Waals surface area contributed by atoms with Gasteiger partial charge in [0.15, 0.2) is 0 Å². The largest absolute Gasteiger partial charge is 0.324 e. The third-order valence-electron chi connectivity index (χ3n) is 2.40. The zero-order valence-electron chi connectivity index (χ0n) is 8.54. The minimum absolute atomic E-state index is 0.0293. The first-order chi connectivity index (χ1) is 6.06. The second kappa shape index (κ2) is 3.75. The number of nitrogens with zero attached hydrogens (tertiary/aromatic N) is 2. The minimum atomic E-state index is 0.0293. The molecule has 1 atom stereocenters. The second-order valence-corrected chi connectivity index (χ2v) is 3.38. The van der Waals surface area contributed by atoms with Crippen molar-refractivity contribution in [2.45, 2.75) is 26.3 Å². The van der Waals surface area contributed by atoms with Crippen molar-refractivity contribution in [2.24, 2.45) is 12.8 Å². The van der Waals surface area contributed by atoms with E-state index >= 15 is 0 Å². The maximum atomic E-state index is 5.80. The standard InChI is InChI=1S/C10H17N3/c1-5-9(11)6-10-7(2)12-13(4)8(10)3/h5,9H,1,6,11H2,2-4H3. The van der Waals surface area contributed by atoms with Crippen LogP contribution in [0, 0.1) is 13.8 Å². The molecule has 0 radical (unpaired) electrons. The molecule has 0 aliphatic rings. The summed E-state index contributed by atoms with van der Waals surface area (Å²) in [5.74, 6) is 0. The van der Waals surface area contributed by atoms with Crippen molar-refractivity contribution in [1.82, 2.24) is 9.78 Å². The molecule has 3 nitrogen and oxygen atoms in total. The topological polar surface area (TPSA) is 43.8 Å². The molecule has 13 heavy (non-hydrogen) atoms. The van der Waals surface area contributed by atoms with Crippen LogP contribution in [0.4, 0.5) is 0 Å². The predicted molar refractivity (Wildman–Crippen MR) is 54.6 cm³/mol.